The van der Waals surface area contributed by atoms with E-state index in [1.54, 1.807) is 0 Å². The molecule has 4 nitrogen and oxygen atoms in total. The van der Waals surface area contributed by atoms with Crippen molar-refractivity contribution in [2.75, 3.05) is 12.8 Å². The topological polar surface area (TPSA) is 55.0 Å². The average molecular weight is 269 g/mol. The summed E-state index contributed by atoms with van der Waals surface area (Å²) in [6.07, 6.45) is 0. The average Bonchev–Trinajstić information content (AvgIpc) is 2.68. The van der Waals surface area contributed by atoms with Gasteiger partial charge in [-0.05, 0) is 18.7 Å². The number of rotatable bonds is 4. The molecule has 1 heterocycles. The highest BCUT2D eigenvalue weighted by atomic mass is 35.5. The number of nitrogen functional groups attached to an aromatic ring is 1. The Morgan fingerprint density at radius 1 is 1.35 bits per heavy atom. The monoisotopic (exact) mass is 268 g/mol. The SMILES string of the molecule is CN(Cc1ccccc1Cl)Cc1nnsc1N. The van der Waals surface area contributed by atoms with Crippen molar-refractivity contribution in [3.8, 4) is 0 Å². The van der Waals surface area contributed by atoms with Crippen molar-refractivity contribution < 1.29 is 0 Å². The third-order valence-electron chi connectivity index (χ3n) is 2.40. The van der Waals surface area contributed by atoms with Crippen LogP contribution in [0.1, 0.15) is 11.3 Å². The molecule has 0 aliphatic rings. The second kappa shape index (κ2) is 5.44. The van der Waals surface area contributed by atoms with Gasteiger partial charge in [0.25, 0.3) is 0 Å². The van der Waals surface area contributed by atoms with Crippen molar-refractivity contribution in [1.29, 1.82) is 0 Å². The molecule has 0 aliphatic heterocycles. The number of halogens is 1. The molecule has 90 valence electrons. The molecule has 0 amide bonds. The second-order valence-corrected chi connectivity index (χ2v) is 5.04. The van der Waals surface area contributed by atoms with Crippen LogP contribution in [0.15, 0.2) is 24.3 Å². The number of hydrogen-bond acceptors (Lipinski definition) is 5. The van der Waals surface area contributed by atoms with Gasteiger partial charge in [-0.3, -0.25) is 4.90 Å². The van der Waals surface area contributed by atoms with Crippen molar-refractivity contribution >= 4 is 28.1 Å². The molecule has 2 N–H and O–H groups in total. The van der Waals surface area contributed by atoms with Gasteiger partial charge in [0, 0.05) is 29.6 Å². The molecule has 0 bridgehead atoms. The predicted octanol–water partition coefficient (Wildman–Crippen LogP) is 2.41. The summed E-state index contributed by atoms with van der Waals surface area (Å²) in [4.78, 5) is 2.11. The van der Waals surface area contributed by atoms with Gasteiger partial charge in [-0.25, -0.2) is 0 Å². The number of aromatic nitrogens is 2. The molecule has 2 aromatic rings. The highest BCUT2D eigenvalue weighted by molar-refractivity contribution is 7.09. The highest BCUT2D eigenvalue weighted by Crippen LogP contribution is 2.19. The van der Waals surface area contributed by atoms with Crippen molar-refractivity contribution in [3.05, 3.63) is 40.5 Å². The molecule has 0 aliphatic carbocycles. The molecular weight excluding hydrogens is 256 g/mol. The maximum Gasteiger partial charge on any atom is 0.132 e. The first-order chi connectivity index (χ1) is 8.16. The van der Waals surface area contributed by atoms with E-state index in [-0.39, 0.29) is 0 Å². The first kappa shape index (κ1) is 12.3. The van der Waals surface area contributed by atoms with Gasteiger partial charge < -0.3 is 5.73 Å². The zero-order chi connectivity index (χ0) is 12.3. The summed E-state index contributed by atoms with van der Waals surface area (Å²) in [5.74, 6) is 0. The molecule has 0 saturated carbocycles. The normalized spacial score (nSPS) is 11.0. The molecule has 0 radical (unpaired) electrons. The van der Waals surface area contributed by atoms with Crippen LogP contribution in [0.25, 0.3) is 0 Å². The van der Waals surface area contributed by atoms with Gasteiger partial charge in [0.2, 0.25) is 0 Å². The van der Waals surface area contributed by atoms with E-state index < -0.39 is 0 Å². The van der Waals surface area contributed by atoms with Crippen LogP contribution >= 0.6 is 23.1 Å². The van der Waals surface area contributed by atoms with Crippen LogP contribution in [0, 0.1) is 0 Å². The summed E-state index contributed by atoms with van der Waals surface area (Å²) in [7, 11) is 2.00. The minimum Gasteiger partial charge on any atom is -0.388 e. The van der Waals surface area contributed by atoms with Crippen LogP contribution in [0.3, 0.4) is 0 Å². The summed E-state index contributed by atoms with van der Waals surface area (Å²) < 4.78 is 3.81. The summed E-state index contributed by atoms with van der Waals surface area (Å²) in [5, 5.41) is 5.45. The fourth-order valence-electron chi connectivity index (χ4n) is 1.55. The highest BCUT2D eigenvalue weighted by Gasteiger charge is 2.09. The van der Waals surface area contributed by atoms with Crippen LogP contribution in [0.2, 0.25) is 5.02 Å². The number of nitrogens with two attached hydrogens (primary N) is 1. The van der Waals surface area contributed by atoms with E-state index in [2.05, 4.69) is 14.5 Å². The van der Waals surface area contributed by atoms with Gasteiger partial charge in [0.05, 0.1) is 0 Å². The molecule has 1 aromatic heterocycles. The largest absolute Gasteiger partial charge is 0.388 e. The van der Waals surface area contributed by atoms with Crippen molar-refractivity contribution in [2.24, 2.45) is 0 Å². The van der Waals surface area contributed by atoms with Crippen LogP contribution in [0.4, 0.5) is 5.00 Å². The Balaban J connectivity index is 2.01. The standard InChI is InChI=1S/C11H13ClN4S/c1-16(7-10-11(13)17-15-14-10)6-8-4-2-3-5-9(8)12/h2-5H,6-7,13H2,1H3. The fraction of sp³-hybridized carbons (Fsp3) is 0.273. The predicted molar refractivity (Wildman–Crippen MR) is 70.9 cm³/mol. The first-order valence-electron chi connectivity index (χ1n) is 5.15. The van der Waals surface area contributed by atoms with Gasteiger partial charge in [-0.1, -0.05) is 34.3 Å². The number of nitrogens with zero attached hydrogens (tertiary/aromatic N) is 3. The molecule has 17 heavy (non-hydrogen) atoms. The van der Waals surface area contributed by atoms with E-state index in [1.807, 2.05) is 31.3 Å². The van der Waals surface area contributed by atoms with Gasteiger partial charge in [-0.15, -0.1) is 5.10 Å². The molecule has 1 aromatic carbocycles. The number of anilines is 1. The van der Waals surface area contributed by atoms with E-state index in [0.29, 0.717) is 11.5 Å². The lowest BCUT2D eigenvalue weighted by atomic mass is 10.2. The Labute approximate surface area is 109 Å². The maximum absolute atomic E-state index is 6.10. The lowest BCUT2D eigenvalue weighted by Gasteiger charge is -2.16. The van der Waals surface area contributed by atoms with E-state index in [1.165, 1.54) is 11.5 Å². The van der Waals surface area contributed by atoms with Crippen molar-refractivity contribution in [1.82, 2.24) is 14.5 Å². The minimum absolute atomic E-state index is 0.674. The van der Waals surface area contributed by atoms with Gasteiger partial charge in [0.1, 0.15) is 10.7 Å². The van der Waals surface area contributed by atoms with Crippen LogP contribution in [-0.2, 0) is 13.1 Å². The first-order valence-corrected chi connectivity index (χ1v) is 6.30. The number of hydrogen-bond donors (Lipinski definition) is 1. The van der Waals surface area contributed by atoms with Crippen LogP contribution < -0.4 is 5.73 Å². The Bertz CT molecular complexity index is 500. The third-order valence-corrected chi connectivity index (χ3v) is 3.37. The lowest BCUT2D eigenvalue weighted by molar-refractivity contribution is 0.315. The maximum atomic E-state index is 6.10. The smallest absolute Gasteiger partial charge is 0.132 e. The Kier molecular flexibility index (Phi) is 3.93. The van der Waals surface area contributed by atoms with E-state index in [0.717, 1.165) is 22.8 Å². The molecule has 0 spiro atoms. The summed E-state index contributed by atoms with van der Waals surface area (Å²) in [6, 6.07) is 7.81. The fourth-order valence-corrected chi connectivity index (χ4v) is 2.19. The van der Waals surface area contributed by atoms with Gasteiger partial charge in [-0.2, -0.15) is 0 Å². The lowest BCUT2D eigenvalue weighted by Crippen LogP contribution is -2.18. The zero-order valence-corrected chi connectivity index (χ0v) is 11.0. The minimum atomic E-state index is 0.674. The van der Waals surface area contributed by atoms with E-state index in [4.69, 9.17) is 17.3 Å². The summed E-state index contributed by atoms with van der Waals surface area (Å²) in [6.45, 7) is 1.43. The molecule has 6 heteroatoms. The molecule has 0 saturated heterocycles. The second-order valence-electron chi connectivity index (χ2n) is 3.85. The quantitative estimate of drug-likeness (QED) is 0.925. The Hall–Kier alpha value is -1.17. The van der Waals surface area contributed by atoms with Gasteiger partial charge >= 0.3 is 0 Å². The van der Waals surface area contributed by atoms with Crippen LogP contribution in [-0.4, -0.2) is 21.5 Å². The summed E-state index contributed by atoms with van der Waals surface area (Å²) in [5.41, 5.74) is 7.67. The van der Waals surface area contributed by atoms with Crippen molar-refractivity contribution in [2.45, 2.75) is 13.1 Å². The van der Waals surface area contributed by atoms with E-state index >= 15 is 0 Å². The zero-order valence-electron chi connectivity index (χ0n) is 9.43. The molecular formula is C11H13ClN4S. The Morgan fingerprint density at radius 3 is 2.76 bits per heavy atom. The van der Waals surface area contributed by atoms with Crippen molar-refractivity contribution in [3.63, 3.8) is 0 Å². The molecule has 0 fully saturated rings. The number of benzene rings is 1. The third kappa shape index (κ3) is 3.15. The molecule has 2 rings (SSSR count). The Morgan fingerprint density at radius 2 is 2.12 bits per heavy atom. The van der Waals surface area contributed by atoms with Crippen LogP contribution in [0.5, 0.6) is 0 Å². The summed E-state index contributed by atoms with van der Waals surface area (Å²) >= 11 is 7.32. The molecule has 0 atom stereocenters. The molecule has 0 unspecified atom stereocenters. The van der Waals surface area contributed by atoms with Gasteiger partial charge in [0.15, 0.2) is 0 Å². The van der Waals surface area contributed by atoms with E-state index in [9.17, 15) is 0 Å².